The van der Waals surface area contributed by atoms with Crippen molar-refractivity contribution in [2.75, 3.05) is 47.5 Å². The molecule has 8 nitrogen and oxygen atoms in total. The van der Waals surface area contributed by atoms with Gasteiger partial charge in [-0.1, -0.05) is 30.2 Å². The quantitative estimate of drug-likeness (QED) is 0.297. The molecule has 1 amide bonds. The van der Waals surface area contributed by atoms with Crippen LogP contribution in [0, 0.1) is 11.8 Å². The van der Waals surface area contributed by atoms with E-state index in [1.54, 1.807) is 35.7 Å². The molecule has 0 spiro atoms. The third kappa shape index (κ3) is 8.69. The van der Waals surface area contributed by atoms with Crippen molar-refractivity contribution >= 4 is 27.5 Å². The summed E-state index contributed by atoms with van der Waals surface area (Å²) in [7, 11) is 2.22. The van der Waals surface area contributed by atoms with Crippen LogP contribution in [0.4, 0.5) is 0 Å². The number of benzene rings is 2. The van der Waals surface area contributed by atoms with Gasteiger partial charge in [-0.3, -0.25) is 4.79 Å². The molecule has 2 aliphatic rings. The van der Waals surface area contributed by atoms with Crippen molar-refractivity contribution in [2.24, 2.45) is 11.8 Å². The lowest BCUT2D eigenvalue weighted by atomic mass is 9.76. The number of nitrogens with zero attached hydrogens (tertiary/aromatic N) is 2. The van der Waals surface area contributed by atoms with E-state index in [0.29, 0.717) is 49.7 Å². The van der Waals surface area contributed by atoms with Crippen molar-refractivity contribution in [1.82, 2.24) is 14.5 Å². The van der Waals surface area contributed by atoms with E-state index in [4.69, 9.17) is 21.1 Å². The van der Waals surface area contributed by atoms with Gasteiger partial charge in [-0.2, -0.15) is 4.31 Å². The summed E-state index contributed by atoms with van der Waals surface area (Å²) in [6.45, 7) is 1.50. The maximum atomic E-state index is 13.3. The molecule has 42 heavy (non-hydrogen) atoms. The van der Waals surface area contributed by atoms with Gasteiger partial charge in [0.1, 0.15) is 12.4 Å². The Balaban J connectivity index is 1.17. The summed E-state index contributed by atoms with van der Waals surface area (Å²) in [6, 6.07) is 14.9. The predicted octanol–water partition coefficient (Wildman–Crippen LogP) is 5.52. The average Bonchev–Trinajstić information content (AvgIpc) is 3.00. The normalized spacial score (nSPS) is 22.5. The van der Waals surface area contributed by atoms with Crippen LogP contribution in [0.15, 0.2) is 53.4 Å². The highest BCUT2D eigenvalue weighted by Crippen LogP contribution is 2.39. The van der Waals surface area contributed by atoms with Gasteiger partial charge < -0.3 is 19.7 Å². The molecule has 0 radical (unpaired) electrons. The fourth-order valence-electron chi connectivity index (χ4n) is 6.52. The molecule has 2 fully saturated rings. The summed E-state index contributed by atoms with van der Waals surface area (Å²) in [5, 5.41) is 3.81. The van der Waals surface area contributed by atoms with Crippen molar-refractivity contribution < 1.29 is 22.7 Å². The van der Waals surface area contributed by atoms with E-state index in [2.05, 4.69) is 36.4 Å². The number of methoxy groups -OCH3 is 1. The van der Waals surface area contributed by atoms with E-state index in [9.17, 15) is 13.2 Å². The molecular weight excluding hydrogens is 574 g/mol. The Bertz CT molecular complexity index is 1230. The highest BCUT2D eigenvalue weighted by Gasteiger charge is 2.33. The maximum absolute atomic E-state index is 13.3. The molecular formula is C32H46ClN3O5S. The number of piperidine rings is 1. The minimum atomic E-state index is -3.61. The molecule has 232 valence electrons. The monoisotopic (exact) mass is 619 g/mol. The van der Waals surface area contributed by atoms with Gasteiger partial charge in [0.2, 0.25) is 15.9 Å². The molecule has 1 heterocycles. The van der Waals surface area contributed by atoms with Crippen LogP contribution in [0.5, 0.6) is 5.75 Å². The Hall–Kier alpha value is -2.17. The van der Waals surface area contributed by atoms with E-state index in [1.165, 1.54) is 5.56 Å². The first kappa shape index (κ1) is 32.7. The minimum Gasteiger partial charge on any atom is -0.497 e. The van der Waals surface area contributed by atoms with Gasteiger partial charge in [0, 0.05) is 36.8 Å². The first-order valence-corrected chi connectivity index (χ1v) is 16.9. The Morgan fingerprint density at radius 2 is 1.71 bits per heavy atom. The van der Waals surface area contributed by atoms with Gasteiger partial charge in [0.25, 0.3) is 0 Å². The molecule has 1 saturated heterocycles. The van der Waals surface area contributed by atoms with Crippen molar-refractivity contribution in [3.05, 3.63) is 59.1 Å². The van der Waals surface area contributed by atoms with Gasteiger partial charge in [0.15, 0.2) is 0 Å². The molecule has 10 heteroatoms. The molecule has 0 bridgehead atoms. The molecule has 1 N–H and O–H groups in total. The van der Waals surface area contributed by atoms with Gasteiger partial charge in [0.05, 0.1) is 12.0 Å². The maximum Gasteiger partial charge on any atom is 0.246 e. The topological polar surface area (TPSA) is 88.2 Å². The summed E-state index contributed by atoms with van der Waals surface area (Å²) in [5.41, 5.74) is 1.30. The number of halogens is 1. The number of carbonyl (C=O) groups excluding carboxylic acids is 1. The Morgan fingerprint density at radius 3 is 2.36 bits per heavy atom. The van der Waals surface area contributed by atoms with E-state index < -0.39 is 10.0 Å². The lowest BCUT2D eigenvalue weighted by Gasteiger charge is -2.37. The first-order valence-electron chi connectivity index (χ1n) is 15.1. The zero-order chi connectivity index (χ0) is 30.1. The third-order valence-electron chi connectivity index (χ3n) is 8.76. The van der Waals surface area contributed by atoms with E-state index in [1.807, 2.05) is 12.1 Å². The van der Waals surface area contributed by atoms with Crippen molar-refractivity contribution in [3.63, 3.8) is 0 Å². The summed E-state index contributed by atoms with van der Waals surface area (Å²) in [6.07, 6.45) is 7.60. The summed E-state index contributed by atoms with van der Waals surface area (Å²) < 4.78 is 39.1. The van der Waals surface area contributed by atoms with Crippen molar-refractivity contribution in [2.45, 2.75) is 68.3 Å². The largest absolute Gasteiger partial charge is 0.497 e. The number of ether oxygens (including phenoxy) is 2. The molecule has 1 aliphatic heterocycles. The standard InChI is InChI=1S/C32H46ClN3O5S/c1-35(2)32(26-11-13-27(33)14-12-26)25-9-7-24(8-10-25)22-34-31(37)23-41-21-19-28-6-4-5-20-36(28)42(38,39)30-17-15-29(40-3)16-18-30/h11-18,24-25,28,32H,4-10,19-23H2,1-3H3,(H,34,37). The number of hydrogen-bond donors (Lipinski definition) is 1. The second-order valence-corrected chi connectivity index (χ2v) is 14.2. The fourth-order valence-corrected chi connectivity index (χ4v) is 8.37. The smallest absolute Gasteiger partial charge is 0.246 e. The molecule has 2 atom stereocenters. The molecule has 4 rings (SSSR count). The fraction of sp³-hybridized carbons (Fsp3) is 0.594. The molecule has 1 saturated carbocycles. The van der Waals surface area contributed by atoms with Gasteiger partial charge >= 0.3 is 0 Å². The van der Waals surface area contributed by atoms with E-state index in [-0.39, 0.29) is 23.5 Å². The van der Waals surface area contributed by atoms with Crippen LogP contribution >= 0.6 is 11.6 Å². The molecule has 2 unspecified atom stereocenters. The first-order chi connectivity index (χ1) is 20.2. The SMILES string of the molecule is COc1ccc(S(=O)(=O)N2CCCCC2CCOCC(=O)NCC2CCC(C(c3ccc(Cl)cc3)N(C)C)CC2)cc1. The second-order valence-electron chi connectivity index (χ2n) is 11.8. The predicted molar refractivity (Wildman–Crippen MR) is 166 cm³/mol. The molecule has 0 aromatic heterocycles. The zero-order valence-corrected chi connectivity index (χ0v) is 26.7. The molecule has 1 aliphatic carbocycles. The number of nitrogens with one attached hydrogen (secondary N) is 1. The highest BCUT2D eigenvalue weighted by atomic mass is 35.5. The molecule has 2 aromatic carbocycles. The van der Waals surface area contributed by atoms with Crippen LogP contribution in [-0.2, 0) is 19.6 Å². The van der Waals surface area contributed by atoms with Crippen molar-refractivity contribution in [3.8, 4) is 5.75 Å². The van der Waals surface area contributed by atoms with Crippen LogP contribution in [0.3, 0.4) is 0 Å². The summed E-state index contributed by atoms with van der Waals surface area (Å²) >= 11 is 6.10. The number of rotatable bonds is 13. The second kappa shape index (κ2) is 15.5. The van der Waals surface area contributed by atoms with Gasteiger partial charge in [-0.05, 0) is 113 Å². The average molecular weight is 620 g/mol. The summed E-state index contributed by atoms with van der Waals surface area (Å²) in [4.78, 5) is 15.1. The van der Waals surface area contributed by atoms with Crippen LogP contribution < -0.4 is 10.1 Å². The zero-order valence-electron chi connectivity index (χ0n) is 25.1. The number of carbonyl (C=O) groups is 1. The van der Waals surface area contributed by atoms with Crippen LogP contribution in [-0.4, -0.2) is 77.1 Å². The third-order valence-corrected chi connectivity index (χ3v) is 11.0. The Kier molecular flexibility index (Phi) is 12.1. The number of sulfonamides is 1. The van der Waals surface area contributed by atoms with Crippen LogP contribution in [0.2, 0.25) is 5.02 Å². The van der Waals surface area contributed by atoms with Crippen molar-refractivity contribution in [1.29, 1.82) is 0 Å². The molecule has 2 aromatic rings. The number of hydrogen-bond acceptors (Lipinski definition) is 6. The van der Waals surface area contributed by atoms with Crippen LogP contribution in [0.25, 0.3) is 0 Å². The van der Waals surface area contributed by atoms with Gasteiger partial charge in [-0.15, -0.1) is 0 Å². The van der Waals surface area contributed by atoms with Gasteiger partial charge in [-0.25, -0.2) is 8.42 Å². The number of amides is 1. The van der Waals surface area contributed by atoms with Crippen LogP contribution in [0.1, 0.15) is 63.0 Å². The van der Waals surface area contributed by atoms with E-state index in [0.717, 1.165) is 50.0 Å². The minimum absolute atomic E-state index is 0.00738. The lowest BCUT2D eigenvalue weighted by molar-refractivity contribution is -0.126. The Morgan fingerprint density at radius 1 is 1.02 bits per heavy atom. The summed E-state index contributed by atoms with van der Waals surface area (Å²) in [5.74, 6) is 1.55. The highest BCUT2D eigenvalue weighted by molar-refractivity contribution is 7.89. The lowest BCUT2D eigenvalue weighted by Crippen LogP contribution is -2.44. The Labute approximate surface area is 256 Å². The van der Waals surface area contributed by atoms with E-state index >= 15 is 0 Å².